The fourth-order valence-electron chi connectivity index (χ4n) is 3.05. The van der Waals surface area contributed by atoms with Gasteiger partial charge in [0.05, 0.1) is 11.5 Å². The number of aliphatic hydroxyl groups excluding tert-OH is 1. The predicted octanol–water partition coefficient (Wildman–Crippen LogP) is 3.47. The number of nitro groups is 1. The van der Waals surface area contributed by atoms with E-state index in [2.05, 4.69) is 12.2 Å². The highest BCUT2D eigenvalue weighted by Gasteiger charge is 2.32. The Balaban J connectivity index is 2.16. The first-order valence-corrected chi connectivity index (χ1v) is 7.22. The molecule has 2 rings (SSSR count). The van der Waals surface area contributed by atoms with E-state index in [1.54, 1.807) is 12.1 Å². The zero-order valence-corrected chi connectivity index (χ0v) is 11.9. The van der Waals surface area contributed by atoms with Crippen molar-refractivity contribution in [1.82, 2.24) is 0 Å². The number of aliphatic hydroxyl groups is 1. The second kappa shape index (κ2) is 6.22. The maximum Gasteiger partial charge on any atom is 0.292 e. The molecule has 1 saturated carbocycles. The number of nitrogens with one attached hydrogen (secondary N) is 1. The van der Waals surface area contributed by atoms with Gasteiger partial charge in [-0.15, -0.1) is 0 Å². The van der Waals surface area contributed by atoms with Crippen LogP contribution in [-0.4, -0.2) is 16.6 Å². The van der Waals surface area contributed by atoms with Crippen molar-refractivity contribution in [1.29, 1.82) is 0 Å². The number of benzene rings is 1. The van der Waals surface area contributed by atoms with Crippen LogP contribution in [0.1, 0.15) is 44.6 Å². The molecule has 0 aromatic heterocycles. The van der Waals surface area contributed by atoms with E-state index in [0.29, 0.717) is 11.3 Å². The minimum atomic E-state index is -0.378. The molecule has 0 heterocycles. The van der Waals surface area contributed by atoms with Gasteiger partial charge in [0.25, 0.3) is 5.69 Å². The summed E-state index contributed by atoms with van der Waals surface area (Å²) in [6.07, 6.45) is 5.95. The van der Waals surface area contributed by atoms with Crippen LogP contribution in [0.15, 0.2) is 18.2 Å². The monoisotopic (exact) mass is 278 g/mol. The summed E-state index contributed by atoms with van der Waals surface area (Å²) in [5, 5.41) is 23.5. The van der Waals surface area contributed by atoms with Crippen molar-refractivity contribution < 1.29 is 10.0 Å². The van der Waals surface area contributed by atoms with E-state index in [0.717, 1.165) is 13.0 Å². The topological polar surface area (TPSA) is 75.4 Å². The molecular weight excluding hydrogens is 256 g/mol. The molecule has 0 aliphatic heterocycles. The molecule has 1 aromatic carbocycles. The highest BCUT2D eigenvalue weighted by atomic mass is 16.6. The molecular formula is C15H22N2O3. The SMILES string of the molecule is CCC1(CNc2cc(CO)ccc2[N+](=O)[O-])CCCC1. The van der Waals surface area contributed by atoms with E-state index >= 15 is 0 Å². The fraction of sp³-hybridized carbons (Fsp3) is 0.600. The summed E-state index contributed by atoms with van der Waals surface area (Å²) in [7, 11) is 0. The highest BCUT2D eigenvalue weighted by molar-refractivity contribution is 5.62. The van der Waals surface area contributed by atoms with Gasteiger partial charge in [0.2, 0.25) is 0 Å². The first-order chi connectivity index (χ1) is 9.60. The smallest absolute Gasteiger partial charge is 0.292 e. The van der Waals surface area contributed by atoms with Crippen molar-refractivity contribution in [2.75, 3.05) is 11.9 Å². The van der Waals surface area contributed by atoms with Crippen molar-refractivity contribution in [3.05, 3.63) is 33.9 Å². The van der Waals surface area contributed by atoms with Crippen molar-refractivity contribution in [2.24, 2.45) is 5.41 Å². The standard InChI is InChI=1S/C15H22N2O3/c1-2-15(7-3-4-8-15)11-16-13-9-12(10-18)5-6-14(13)17(19)20/h5-6,9,16,18H,2-4,7-8,10-11H2,1H3. The van der Waals surface area contributed by atoms with Crippen LogP contribution in [0.25, 0.3) is 0 Å². The number of hydrogen-bond acceptors (Lipinski definition) is 4. The maximum absolute atomic E-state index is 11.1. The Morgan fingerprint density at radius 2 is 2.10 bits per heavy atom. The summed E-state index contributed by atoms with van der Waals surface area (Å²) in [5.41, 5.74) is 1.55. The van der Waals surface area contributed by atoms with Gasteiger partial charge in [0.15, 0.2) is 0 Å². The van der Waals surface area contributed by atoms with Crippen LogP contribution in [0.2, 0.25) is 0 Å². The first-order valence-electron chi connectivity index (χ1n) is 7.22. The average molecular weight is 278 g/mol. The highest BCUT2D eigenvalue weighted by Crippen LogP contribution is 2.41. The molecule has 0 radical (unpaired) electrons. The lowest BCUT2D eigenvalue weighted by molar-refractivity contribution is -0.384. The zero-order valence-electron chi connectivity index (χ0n) is 11.9. The minimum Gasteiger partial charge on any atom is -0.392 e. The lowest BCUT2D eigenvalue weighted by atomic mass is 9.83. The van der Waals surface area contributed by atoms with Gasteiger partial charge in [0, 0.05) is 12.6 Å². The Kier molecular flexibility index (Phi) is 4.60. The largest absolute Gasteiger partial charge is 0.392 e. The van der Waals surface area contributed by atoms with E-state index in [4.69, 9.17) is 0 Å². The molecule has 0 unspecified atom stereocenters. The van der Waals surface area contributed by atoms with Crippen molar-refractivity contribution >= 4 is 11.4 Å². The van der Waals surface area contributed by atoms with E-state index in [-0.39, 0.29) is 22.6 Å². The average Bonchev–Trinajstić information content (AvgIpc) is 2.94. The van der Waals surface area contributed by atoms with Gasteiger partial charge in [-0.25, -0.2) is 0 Å². The van der Waals surface area contributed by atoms with Gasteiger partial charge >= 0.3 is 0 Å². The Labute approximate surface area is 119 Å². The van der Waals surface area contributed by atoms with Crippen molar-refractivity contribution in [2.45, 2.75) is 45.6 Å². The normalized spacial score (nSPS) is 17.1. The molecule has 20 heavy (non-hydrogen) atoms. The summed E-state index contributed by atoms with van der Waals surface area (Å²) in [5.74, 6) is 0. The molecule has 0 atom stereocenters. The Bertz CT molecular complexity index is 482. The molecule has 0 bridgehead atoms. The van der Waals surface area contributed by atoms with Gasteiger partial charge < -0.3 is 10.4 Å². The third-order valence-corrected chi connectivity index (χ3v) is 4.51. The summed E-state index contributed by atoms with van der Waals surface area (Å²) in [6, 6.07) is 4.73. The number of nitrogens with zero attached hydrogens (tertiary/aromatic N) is 1. The molecule has 5 heteroatoms. The molecule has 0 spiro atoms. The third kappa shape index (κ3) is 3.10. The van der Waals surface area contributed by atoms with Gasteiger partial charge in [-0.3, -0.25) is 10.1 Å². The van der Waals surface area contributed by atoms with Crippen LogP contribution in [0, 0.1) is 15.5 Å². The Morgan fingerprint density at radius 3 is 2.65 bits per heavy atom. The van der Waals surface area contributed by atoms with E-state index in [9.17, 15) is 15.2 Å². The van der Waals surface area contributed by atoms with Crippen molar-refractivity contribution in [3.8, 4) is 0 Å². The lowest BCUT2D eigenvalue weighted by Crippen LogP contribution is -2.26. The minimum absolute atomic E-state index is 0.0754. The molecule has 1 aliphatic rings. The molecule has 1 aliphatic carbocycles. The molecule has 0 saturated heterocycles. The molecule has 0 amide bonds. The fourth-order valence-corrected chi connectivity index (χ4v) is 3.05. The van der Waals surface area contributed by atoms with Crippen LogP contribution in [0.4, 0.5) is 11.4 Å². The maximum atomic E-state index is 11.1. The van der Waals surface area contributed by atoms with E-state index < -0.39 is 0 Å². The summed E-state index contributed by atoms with van der Waals surface area (Å²) in [4.78, 5) is 10.7. The second-order valence-electron chi connectivity index (χ2n) is 5.68. The van der Waals surface area contributed by atoms with Crippen molar-refractivity contribution in [3.63, 3.8) is 0 Å². The van der Waals surface area contributed by atoms with Crippen LogP contribution >= 0.6 is 0 Å². The number of hydrogen-bond donors (Lipinski definition) is 2. The third-order valence-electron chi connectivity index (χ3n) is 4.51. The quantitative estimate of drug-likeness (QED) is 0.617. The van der Waals surface area contributed by atoms with Crippen LogP contribution in [0.5, 0.6) is 0 Å². The van der Waals surface area contributed by atoms with E-state index in [1.165, 1.54) is 31.7 Å². The Hall–Kier alpha value is -1.62. The molecule has 1 aromatic rings. The molecule has 1 fully saturated rings. The lowest BCUT2D eigenvalue weighted by Gasteiger charge is -2.28. The number of rotatable bonds is 6. The van der Waals surface area contributed by atoms with E-state index in [1.807, 2.05) is 0 Å². The van der Waals surface area contributed by atoms with Crippen LogP contribution in [-0.2, 0) is 6.61 Å². The summed E-state index contributed by atoms with van der Waals surface area (Å²) >= 11 is 0. The van der Waals surface area contributed by atoms with Gasteiger partial charge in [0.1, 0.15) is 5.69 Å². The molecule has 2 N–H and O–H groups in total. The Morgan fingerprint density at radius 1 is 1.40 bits per heavy atom. The van der Waals surface area contributed by atoms with Crippen LogP contribution in [0.3, 0.4) is 0 Å². The van der Waals surface area contributed by atoms with Crippen LogP contribution < -0.4 is 5.32 Å². The van der Waals surface area contributed by atoms with Gasteiger partial charge in [-0.2, -0.15) is 0 Å². The van der Waals surface area contributed by atoms with Gasteiger partial charge in [-0.1, -0.05) is 19.8 Å². The number of nitro benzene ring substituents is 1. The molecule has 5 nitrogen and oxygen atoms in total. The second-order valence-corrected chi connectivity index (χ2v) is 5.68. The van der Waals surface area contributed by atoms with Gasteiger partial charge in [-0.05, 0) is 42.4 Å². The summed E-state index contributed by atoms with van der Waals surface area (Å²) in [6.45, 7) is 2.84. The first kappa shape index (κ1) is 14.8. The zero-order chi connectivity index (χ0) is 14.6. The summed E-state index contributed by atoms with van der Waals surface area (Å²) < 4.78 is 0. The predicted molar refractivity (Wildman–Crippen MR) is 78.7 cm³/mol. The number of anilines is 1. The molecule has 110 valence electrons.